The highest BCUT2D eigenvalue weighted by molar-refractivity contribution is 5.76. The minimum absolute atomic E-state index is 0.0634. The van der Waals surface area contributed by atoms with E-state index in [-0.39, 0.29) is 12.8 Å². The van der Waals surface area contributed by atoms with Gasteiger partial charge in [-0.2, -0.15) is 5.48 Å². The Morgan fingerprint density at radius 3 is 2.75 bits per heavy atom. The van der Waals surface area contributed by atoms with Crippen molar-refractivity contribution in [1.82, 2.24) is 5.48 Å². The van der Waals surface area contributed by atoms with Crippen molar-refractivity contribution in [3.8, 4) is 0 Å². The van der Waals surface area contributed by atoms with Gasteiger partial charge in [0.25, 0.3) is 0 Å². The fraction of sp³-hybridized carbons (Fsp3) is 0.778. The molecule has 0 radical (unpaired) electrons. The lowest BCUT2D eigenvalue weighted by molar-refractivity contribution is -0.153. The maximum absolute atomic E-state index is 11.2. The highest BCUT2D eigenvalue weighted by atomic mass is 16.7. The fourth-order valence-corrected chi connectivity index (χ4v) is 0.883. The molecule has 0 saturated carbocycles. The summed E-state index contributed by atoms with van der Waals surface area (Å²) in [5, 5.41) is 8.38. The van der Waals surface area contributed by atoms with Gasteiger partial charge in [0.05, 0.1) is 0 Å². The molecule has 0 aliphatic heterocycles. The van der Waals surface area contributed by atoms with Crippen LogP contribution in [0.2, 0.25) is 0 Å². The lowest BCUT2D eigenvalue weighted by Crippen LogP contribution is -2.36. The quantitative estimate of drug-likeness (QED) is 0.356. The van der Waals surface area contributed by atoms with Gasteiger partial charge in [-0.15, -0.1) is 0 Å². The van der Waals surface area contributed by atoms with Crippen LogP contribution in [0, 0.1) is 0 Å². The lowest BCUT2D eigenvalue weighted by atomic mass is 10.2. The van der Waals surface area contributed by atoms with Crippen molar-refractivity contribution in [3.63, 3.8) is 0 Å². The molecule has 1 unspecified atom stereocenters. The molecule has 7 heteroatoms. The molecule has 0 saturated heterocycles. The minimum Gasteiger partial charge on any atom is -0.481 e. The smallest absolute Gasteiger partial charge is 0.341 e. The molecule has 1 atom stereocenters. The molecule has 0 spiro atoms. The number of nitrogens with two attached hydrogens (primary N) is 1. The van der Waals surface area contributed by atoms with Crippen molar-refractivity contribution in [2.75, 3.05) is 20.3 Å². The van der Waals surface area contributed by atoms with Gasteiger partial charge in [0.1, 0.15) is 6.04 Å². The van der Waals surface area contributed by atoms with Crippen LogP contribution in [0.5, 0.6) is 0 Å². The Morgan fingerprint density at radius 1 is 1.50 bits per heavy atom. The number of carbonyl (C=O) groups excluding carboxylic acids is 1. The van der Waals surface area contributed by atoms with Gasteiger partial charge in [-0.25, -0.2) is 4.79 Å². The number of hydroxylamine groups is 1. The van der Waals surface area contributed by atoms with E-state index in [2.05, 4.69) is 10.3 Å². The second-order valence-electron chi connectivity index (χ2n) is 3.20. The summed E-state index contributed by atoms with van der Waals surface area (Å²) in [7, 11) is 1.58. The standard InChI is InChI=1S/C9H18N2O5/c1-15-6-2-5-11-16-9(14)7(10)3-4-8(12)13/h7,11H,2-6,10H2,1H3,(H,12,13). The van der Waals surface area contributed by atoms with E-state index in [4.69, 9.17) is 15.6 Å². The van der Waals surface area contributed by atoms with Gasteiger partial charge in [0.2, 0.25) is 0 Å². The number of nitrogens with one attached hydrogen (secondary N) is 1. The summed E-state index contributed by atoms with van der Waals surface area (Å²) in [5.74, 6) is -1.64. The van der Waals surface area contributed by atoms with Gasteiger partial charge >= 0.3 is 11.9 Å². The average molecular weight is 234 g/mol. The van der Waals surface area contributed by atoms with Crippen LogP contribution in [-0.2, 0) is 19.2 Å². The molecule has 0 heterocycles. The third kappa shape index (κ3) is 8.16. The molecule has 0 fully saturated rings. The first kappa shape index (κ1) is 14.8. The predicted molar refractivity (Wildman–Crippen MR) is 55.4 cm³/mol. The van der Waals surface area contributed by atoms with Crippen molar-refractivity contribution in [2.45, 2.75) is 25.3 Å². The van der Waals surface area contributed by atoms with E-state index in [1.54, 1.807) is 7.11 Å². The number of ether oxygens (including phenoxy) is 1. The van der Waals surface area contributed by atoms with Crippen LogP contribution < -0.4 is 11.2 Å². The van der Waals surface area contributed by atoms with Crippen LogP contribution in [0.3, 0.4) is 0 Å². The van der Waals surface area contributed by atoms with Crippen molar-refractivity contribution in [1.29, 1.82) is 0 Å². The first-order valence-electron chi connectivity index (χ1n) is 4.97. The number of hydrogen-bond donors (Lipinski definition) is 3. The molecule has 0 aliphatic rings. The largest absolute Gasteiger partial charge is 0.481 e. The zero-order valence-electron chi connectivity index (χ0n) is 9.27. The molecule has 0 amide bonds. The van der Waals surface area contributed by atoms with Gasteiger partial charge in [-0.05, 0) is 12.8 Å². The molecule has 0 rings (SSSR count). The first-order chi connectivity index (χ1) is 7.57. The number of hydrogen-bond acceptors (Lipinski definition) is 6. The molecule has 0 bridgehead atoms. The first-order valence-corrected chi connectivity index (χ1v) is 4.97. The Morgan fingerprint density at radius 2 is 2.19 bits per heavy atom. The van der Waals surface area contributed by atoms with Gasteiger partial charge in [-0.3, -0.25) is 4.79 Å². The number of carboxylic acid groups (broad SMARTS) is 1. The molecular formula is C9H18N2O5. The Hall–Kier alpha value is -1.18. The average Bonchev–Trinajstić information content (AvgIpc) is 2.25. The maximum atomic E-state index is 11.2. The monoisotopic (exact) mass is 234 g/mol. The van der Waals surface area contributed by atoms with E-state index in [9.17, 15) is 9.59 Å². The van der Waals surface area contributed by atoms with Crippen LogP contribution in [0.4, 0.5) is 0 Å². The van der Waals surface area contributed by atoms with Crippen LogP contribution in [0.25, 0.3) is 0 Å². The van der Waals surface area contributed by atoms with E-state index in [1.165, 1.54) is 0 Å². The molecule has 94 valence electrons. The van der Waals surface area contributed by atoms with Crippen LogP contribution in [0.1, 0.15) is 19.3 Å². The van der Waals surface area contributed by atoms with Gasteiger partial charge < -0.3 is 20.4 Å². The summed E-state index contributed by atoms with van der Waals surface area (Å²) >= 11 is 0. The molecule has 0 aromatic heterocycles. The van der Waals surface area contributed by atoms with Crippen LogP contribution >= 0.6 is 0 Å². The number of carboxylic acids is 1. The van der Waals surface area contributed by atoms with Crippen molar-refractivity contribution >= 4 is 11.9 Å². The normalized spacial score (nSPS) is 12.1. The van der Waals surface area contributed by atoms with Crippen molar-refractivity contribution < 1.29 is 24.3 Å². The van der Waals surface area contributed by atoms with Gasteiger partial charge in [0, 0.05) is 26.7 Å². The Kier molecular flexibility index (Phi) is 8.41. The number of rotatable bonds is 9. The second kappa shape index (κ2) is 9.08. The molecule has 0 aromatic carbocycles. The van der Waals surface area contributed by atoms with E-state index < -0.39 is 18.0 Å². The van der Waals surface area contributed by atoms with Crippen LogP contribution in [-0.4, -0.2) is 43.3 Å². The zero-order chi connectivity index (χ0) is 12.4. The Labute approximate surface area is 93.8 Å². The number of methoxy groups -OCH3 is 1. The van der Waals surface area contributed by atoms with Gasteiger partial charge in [0.15, 0.2) is 0 Å². The third-order valence-electron chi connectivity index (χ3n) is 1.77. The summed E-state index contributed by atoms with van der Waals surface area (Å²) < 4.78 is 4.79. The van der Waals surface area contributed by atoms with E-state index in [1.807, 2.05) is 0 Å². The molecule has 16 heavy (non-hydrogen) atoms. The maximum Gasteiger partial charge on any atom is 0.341 e. The molecule has 7 nitrogen and oxygen atoms in total. The summed E-state index contributed by atoms with van der Waals surface area (Å²) in [6.07, 6.45) is 0.613. The Balaban J connectivity index is 3.51. The topological polar surface area (TPSA) is 111 Å². The number of carbonyl (C=O) groups is 2. The van der Waals surface area contributed by atoms with E-state index >= 15 is 0 Å². The summed E-state index contributed by atoms with van der Waals surface area (Å²) in [4.78, 5) is 26.0. The molecular weight excluding hydrogens is 216 g/mol. The summed E-state index contributed by atoms with van der Waals surface area (Å²) in [5.41, 5.74) is 7.84. The SMILES string of the molecule is COCCCNOC(=O)C(N)CCC(=O)O. The van der Waals surface area contributed by atoms with Crippen molar-refractivity contribution in [3.05, 3.63) is 0 Å². The highest BCUT2D eigenvalue weighted by Crippen LogP contribution is 1.96. The second-order valence-corrected chi connectivity index (χ2v) is 3.20. The summed E-state index contributed by atoms with van der Waals surface area (Å²) in [6, 6.07) is -0.911. The molecule has 4 N–H and O–H groups in total. The van der Waals surface area contributed by atoms with Crippen LogP contribution in [0.15, 0.2) is 0 Å². The van der Waals surface area contributed by atoms with E-state index in [0.29, 0.717) is 19.6 Å². The zero-order valence-corrected chi connectivity index (χ0v) is 9.27. The number of aliphatic carboxylic acids is 1. The lowest BCUT2D eigenvalue weighted by Gasteiger charge is -2.10. The predicted octanol–water partition coefficient (Wildman–Crippen LogP) is -0.737. The summed E-state index contributed by atoms with van der Waals surface area (Å²) in [6.45, 7) is 1.03. The van der Waals surface area contributed by atoms with Gasteiger partial charge in [-0.1, -0.05) is 0 Å². The molecule has 0 aliphatic carbocycles. The Bertz CT molecular complexity index is 222. The van der Waals surface area contributed by atoms with Crippen molar-refractivity contribution in [2.24, 2.45) is 5.73 Å². The fourth-order valence-electron chi connectivity index (χ4n) is 0.883. The third-order valence-corrected chi connectivity index (χ3v) is 1.77. The van der Waals surface area contributed by atoms with E-state index in [0.717, 1.165) is 0 Å². The minimum atomic E-state index is -0.990. The molecule has 0 aromatic rings. The highest BCUT2D eigenvalue weighted by Gasteiger charge is 2.16.